The minimum absolute atomic E-state index is 0.193. The van der Waals surface area contributed by atoms with Crippen molar-refractivity contribution in [2.24, 2.45) is 0 Å². The van der Waals surface area contributed by atoms with Crippen LogP contribution in [0.3, 0.4) is 0 Å². The lowest BCUT2D eigenvalue weighted by Crippen LogP contribution is -2.06. The zero-order valence-electron chi connectivity index (χ0n) is 15.5. The number of esters is 1. The Balaban J connectivity index is 2.99. The molecule has 0 saturated heterocycles. The molecule has 3 heteroatoms. The van der Waals surface area contributed by atoms with Gasteiger partial charge in [0.15, 0.2) is 0 Å². The second-order valence-electron chi connectivity index (χ2n) is 6.68. The van der Waals surface area contributed by atoms with Crippen LogP contribution in [-0.4, -0.2) is 18.3 Å². The van der Waals surface area contributed by atoms with Gasteiger partial charge in [-0.25, -0.2) is 0 Å². The normalized spacial score (nSPS) is 10.9. The maximum absolute atomic E-state index is 10.9. The summed E-state index contributed by atoms with van der Waals surface area (Å²) in [6, 6.07) is 0. The first-order valence-corrected chi connectivity index (χ1v) is 10.7. The monoisotopic (exact) mass is 344 g/mol. The lowest BCUT2D eigenvalue weighted by atomic mass is 10.0. The highest BCUT2D eigenvalue weighted by Crippen LogP contribution is 2.13. The number of carbonyl (C=O) groups excluding carboxylic acids is 1. The molecule has 138 valence electrons. The van der Waals surface area contributed by atoms with Gasteiger partial charge in [0, 0.05) is 0 Å². The van der Waals surface area contributed by atoms with Crippen LogP contribution in [-0.2, 0) is 9.53 Å². The molecule has 0 saturated carbocycles. The molecule has 0 rings (SSSR count). The van der Waals surface area contributed by atoms with Crippen molar-refractivity contribution in [3.05, 3.63) is 0 Å². The van der Waals surface area contributed by atoms with E-state index in [1.165, 1.54) is 96.3 Å². The van der Waals surface area contributed by atoms with Crippen LogP contribution in [0.15, 0.2) is 0 Å². The lowest BCUT2D eigenvalue weighted by Gasteiger charge is -2.04. The minimum atomic E-state index is -0.200. The second kappa shape index (κ2) is 19.9. The Kier molecular flexibility index (Phi) is 19.7. The molecule has 0 aromatic rings. The van der Waals surface area contributed by atoms with Crippen LogP contribution in [0.5, 0.6) is 0 Å². The summed E-state index contributed by atoms with van der Waals surface area (Å²) in [4.78, 5) is 10.9. The molecule has 0 aliphatic heterocycles. The first-order chi connectivity index (χ1) is 11.3. The molecule has 0 N–H and O–H groups in total. The first kappa shape index (κ1) is 22.8. The third-order valence-corrected chi connectivity index (χ3v) is 4.65. The van der Waals surface area contributed by atoms with Gasteiger partial charge in [-0.3, -0.25) is 4.79 Å². The van der Waals surface area contributed by atoms with Crippen molar-refractivity contribution in [3.63, 3.8) is 0 Å². The molecule has 23 heavy (non-hydrogen) atoms. The fourth-order valence-electron chi connectivity index (χ4n) is 2.88. The van der Waals surface area contributed by atoms with Crippen LogP contribution in [0, 0.1) is 0 Å². The minimum Gasteiger partial charge on any atom is -0.465 e. The first-order valence-electron chi connectivity index (χ1n) is 10.1. The number of thiol groups is 1. The highest BCUT2D eigenvalue weighted by atomic mass is 32.1. The molecule has 0 aliphatic rings. The molecule has 0 aliphatic carbocycles. The summed E-state index contributed by atoms with van der Waals surface area (Å²) in [7, 11) is 0. The summed E-state index contributed by atoms with van der Waals surface area (Å²) in [5.74, 6) is -0.00642. The van der Waals surface area contributed by atoms with Crippen LogP contribution < -0.4 is 0 Å². The molecule has 0 fully saturated rings. The number of carbonyl (C=O) groups is 1. The van der Waals surface area contributed by atoms with Gasteiger partial charge in [-0.15, -0.1) is 0 Å². The smallest absolute Gasteiger partial charge is 0.315 e. The molecule has 0 unspecified atom stereocenters. The number of hydrogen-bond donors (Lipinski definition) is 1. The van der Waals surface area contributed by atoms with Crippen LogP contribution >= 0.6 is 12.6 Å². The van der Waals surface area contributed by atoms with Crippen molar-refractivity contribution >= 4 is 18.6 Å². The number of ether oxygens (including phenoxy) is 1. The van der Waals surface area contributed by atoms with E-state index in [9.17, 15) is 4.79 Å². The van der Waals surface area contributed by atoms with E-state index in [2.05, 4.69) is 19.6 Å². The Morgan fingerprint density at radius 2 is 1.00 bits per heavy atom. The van der Waals surface area contributed by atoms with Crippen LogP contribution in [0.1, 0.15) is 110 Å². The van der Waals surface area contributed by atoms with E-state index in [0.717, 1.165) is 6.42 Å². The SMILES string of the molecule is CCCCCCCCCCCCCCCCCCOC(=O)CS. The maximum atomic E-state index is 10.9. The van der Waals surface area contributed by atoms with Crippen molar-refractivity contribution in [3.8, 4) is 0 Å². The third kappa shape index (κ3) is 19.8. The Hall–Kier alpha value is -0.180. The molecule has 0 atom stereocenters. The predicted molar refractivity (Wildman–Crippen MR) is 104 cm³/mol. The van der Waals surface area contributed by atoms with E-state index < -0.39 is 0 Å². The molecular weight excluding hydrogens is 304 g/mol. The zero-order chi connectivity index (χ0) is 17.0. The van der Waals surface area contributed by atoms with Gasteiger partial charge in [-0.1, -0.05) is 103 Å². The van der Waals surface area contributed by atoms with Crippen molar-refractivity contribution in [2.45, 2.75) is 110 Å². The molecule has 2 nitrogen and oxygen atoms in total. The third-order valence-electron chi connectivity index (χ3n) is 4.39. The maximum Gasteiger partial charge on any atom is 0.315 e. The van der Waals surface area contributed by atoms with E-state index in [-0.39, 0.29) is 11.7 Å². The number of rotatable bonds is 18. The van der Waals surface area contributed by atoms with Crippen molar-refractivity contribution in [1.82, 2.24) is 0 Å². The van der Waals surface area contributed by atoms with Gasteiger partial charge in [-0.2, -0.15) is 12.6 Å². The summed E-state index contributed by atoms with van der Waals surface area (Å²) in [6.07, 6.45) is 21.8. The van der Waals surface area contributed by atoms with E-state index in [4.69, 9.17) is 4.74 Å². The summed E-state index contributed by atoms with van der Waals surface area (Å²) in [5, 5.41) is 0. The summed E-state index contributed by atoms with van der Waals surface area (Å²) >= 11 is 3.88. The van der Waals surface area contributed by atoms with Gasteiger partial charge in [0.2, 0.25) is 0 Å². The Bertz CT molecular complexity index is 244. The van der Waals surface area contributed by atoms with Crippen LogP contribution in [0.25, 0.3) is 0 Å². The molecule has 0 aromatic heterocycles. The van der Waals surface area contributed by atoms with E-state index in [1.54, 1.807) is 0 Å². The van der Waals surface area contributed by atoms with Crippen LogP contribution in [0.4, 0.5) is 0 Å². The molecule has 0 radical (unpaired) electrons. The van der Waals surface area contributed by atoms with E-state index in [1.807, 2.05) is 0 Å². The highest BCUT2D eigenvalue weighted by Gasteiger charge is 1.98. The molecule has 0 amide bonds. The van der Waals surface area contributed by atoms with E-state index >= 15 is 0 Å². The Labute approximate surface area is 150 Å². The average Bonchev–Trinajstić information content (AvgIpc) is 2.57. The summed E-state index contributed by atoms with van der Waals surface area (Å²) < 4.78 is 4.99. The van der Waals surface area contributed by atoms with Gasteiger partial charge >= 0.3 is 5.97 Å². The summed E-state index contributed by atoms with van der Waals surface area (Å²) in [6.45, 7) is 2.85. The molecule has 0 spiro atoms. The van der Waals surface area contributed by atoms with Gasteiger partial charge in [-0.05, 0) is 6.42 Å². The molecule has 0 heterocycles. The van der Waals surface area contributed by atoms with Crippen LogP contribution in [0.2, 0.25) is 0 Å². The standard InChI is InChI=1S/C20H40O2S/c1-2-3-4-5-6-7-8-9-10-11-12-13-14-15-16-17-18-22-20(21)19-23/h23H,2-19H2,1H3. The van der Waals surface area contributed by atoms with Crippen molar-refractivity contribution in [2.75, 3.05) is 12.4 Å². The van der Waals surface area contributed by atoms with Gasteiger partial charge < -0.3 is 4.74 Å². The van der Waals surface area contributed by atoms with Gasteiger partial charge in [0.05, 0.1) is 12.4 Å². The van der Waals surface area contributed by atoms with E-state index in [0.29, 0.717) is 6.61 Å². The second-order valence-corrected chi connectivity index (χ2v) is 7.00. The average molecular weight is 345 g/mol. The fraction of sp³-hybridized carbons (Fsp3) is 0.950. The molecule has 0 bridgehead atoms. The number of hydrogen-bond acceptors (Lipinski definition) is 3. The molecule has 0 aromatic carbocycles. The highest BCUT2D eigenvalue weighted by molar-refractivity contribution is 7.81. The predicted octanol–water partition coefficient (Wildman–Crippen LogP) is 6.72. The quantitative estimate of drug-likeness (QED) is 0.170. The topological polar surface area (TPSA) is 26.3 Å². The Morgan fingerprint density at radius 3 is 1.35 bits per heavy atom. The van der Waals surface area contributed by atoms with Gasteiger partial charge in [0.1, 0.15) is 0 Å². The number of unbranched alkanes of at least 4 members (excludes halogenated alkanes) is 15. The van der Waals surface area contributed by atoms with Gasteiger partial charge in [0.25, 0.3) is 0 Å². The molecular formula is C20H40O2S. The largest absolute Gasteiger partial charge is 0.465 e. The van der Waals surface area contributed by atoms with Crippen molar-refractivity contribution in [1.29, 1.82) is 0 Å². The van der Waals surface area contributed by atoms with Crippen molar-refractivity contribution < 1.29 is 9.53 Å². The fourth-order valence-corrected chi connectivity index (χ4v) is 2.97. The Morgan fingerprint density at radius 1 is 0.652 bits per heavy atom. The zero-order valence-corrected chi connectivity index (χ0v) is 16.4. The summed E-state index contributed by atoms with van der Waals surface area (Å²) in [5.41, 5.74) is 0. The lowest BCUT2D eigenvalue weighted by molar-refractivity contribution is -0.140.